The molecule has 144 valence electrons. The van der Waals surface area contributed by atoms with Gasteiger partial charge in [0.2, 0.25) is 0 Å². The van der Waals surface area contributed by atoms with Crippen LogP contribution in [0.15, 0.2) is 59.7 Å². The van der Waals surface area contributed by atoms with Crippen LogP contribution >= 0.6 is 0 Å². The predicted octanol–water partition coefficient (Wildman–Crippen LogP) is 4.15. The highest BCUT2D eigenvalue weighted by molar-refractivity contribution is 5.75. The van der Waals surface area contributed by atoms with Crippen molar-refractivity contribution in [2.45, 2.75) is 39.8 Å². The van der Waals surface area contributed by atoms with Crippen LogP contribution in [0.4, 0.5) is 0 Å². The van der Waals surface area contributed by atoms with Crippen LogP contribution in [0.1, 0.15) is 38.0 Å². The van der Waals surface area contributed by atoms with Crippen LogP contribution < -0.4 is 5.73 Å². The third-order valence-corrected chi connectivity index (χ3v) is 3.30. The summed E-state index contributed by atoms with van der Waals surface area (Å²) in [5, 5.41) is 0. The quantitative estimate of drug-likeness (QED) is 0.471. The molecule has 1 heterocycles. The van der Waals surface area contributed by atoms with Crippen molar-refractivity contribution in [3.63, 3.8) is 0 Å². The van der Waals surface area contributed by atoms with Gasteiger partial charge in [-0.05, 0) is 31.9 Å². The summed E-state index contributed by atoms with van der Waals surface area (Å²) in [6, 6.07) is 8.67. The normalized spacial score (nSPS) is 11.1. The van der Waals surface area contributed by atoms with E-state index in [2.05, 4.69) is 24.4 Å². The molecule has 1 aromatic heterocycles. The lowest BCUT2D eigenvalue weighted by Gasteiger charge is -2.09. The number of nitrogens with two attached hydrogens (primary N) is 1. The van der Waals surface area contributed by atoms with Crippen molar-refractivity contribution in [1.29, 1.82) is 0 Å². The molecule has 5 nitrogen and oxygen atoms in total. The van der Waals surface area contributed by atoms with Crippen molar-refractivity contribution in [3.05, 3.63) is 72.5 Å². The molecule has 5 heteroatoms. The predicted molar refractivity (Wildman–Crippen MR) is 110 cm³/mol. The number of rotatable bonds is 6. The van der Waals surface area contributed by atoms with E-state index in [9.17, 15) is 4.79 Å². The van der Waals surface area contributed by atoms with Crippen LogP contribution in [0.2, 0.25) is 0 Å². The van der Waals surface area contributed by atoms with Gasteiger partial charge in [-0.1, -0.05) is 42.5 Å². The summed E-state index contributed by atoms with van der Waals surface area (Å²) in [5.74, 6) is 0.647. The first-order valence-corrected chi connectivity index (χ1v) is 8.46. The molecule has 0 fully saturated rings. The average molecular weight is 368 g/mol. The number of carbonyl (C=O) groups is 1. The van der Waals surface area contributed by atoms with Crippen LogP contribution in [0.5, 0.6) is 0 Å². The summed E-state index contributed by atoms with van der Waals surface area (Å²) in [5.41, 5.74) is 7.75. The van der Waals surface area contributed by atoms with Gasteiger partial charge in [-0.15, -0.1) is 19.4 Å². The molecule has 0 saturated heterocycles. The Balaban J connectivity index is 0.00000123. The standard InChI is InChI=1S/C17H20N2O3.C3H6.C2H2/c1-3-12(2)15-10-19-16(22-15)9-14(18)17(20)21-11-13-7-5-4-6-8-13;1-3-2;1-2/h3-8,10,14H,9,11,18H2,1-2H3;3H,1H2,2H3;1-2H/b12-3+;;. The number of hydrogen-bond acceptors (Lipinski definition) is 5. The second-order valence-corrected chi connectivity index (χ2v) is 5.40. The van der Waals surface area contributed by atoms with Gasteiger partial charge in [-0.25, -0.2) is 4.98 Å². The number of allylic oxidation sites excluding steroid dienone is 3. The lowest BCUT2D eigenvalue weighted by molar-refractivity contribution is -0.146. The first kappa shape index (κ1) is 23.9. The summed E-state index contributed by atoms with van der Waals surface area (Å²) >= 11 is 0. The zero-order valence-corrected chi connectivity index (χ0v) is 16.2. The number of benzene rings is 1. The Bertz CT molecular complexity index is 730. The molecule has 1 atom stereocenters. The highest BCUT2D eigenvalue weighted by Gasteiger charge is 2.19. The highest BCUT2D eigenvalue weighted by Crippen LogP contribution is 2.15. The molecule has 2 rings (SSSR count). The van der Waals surface area contributed by atoms with Gasteiger partial charge in [0, 0.05) is 0 Å². The minimum Gasteiger partial charge on any atom is -0.460 e. The number of hydrogen-bond donors (Lipinski definition) is 1. The summed E-state index contributed by atoms with van der Waals surface area (Å²) in [7, 11) is 0. The molecule has 0 aliphatic heterocycles. The third-order valence-electron chi connectivity index (χ3n) is 3.30. The maximum atomic E-state index is 11.9. The third kappa shape index (κ3) is 9.24. The minimum absolute atomic E-state index is 0.210. The van der Waals surface area contributed by atoms with Gasteiger partial charge in [-0.3, -0.25) is 4.79 Å². The van der Waals surface area contributed by atoms with Crippen LogP contribution in [-0.4, -0.2) is 17.0 Å². The van der Waals surface area contributed by atoms with E-state index in [4.69, 9.17) is 14.9 Å². The zero-order chi connectivity index (χ0) is 20.7. The first-order chi connectivity index (χ1) is 13.0. The van der Waals surface area contributed by atoms with Crippen LogP contribution in [0.25, 0.3) is 5.57 Å². The van der Waals surface area contributed by atoms with E-state index in [1.54, 1.807) is 12.3 Å². The van der Waals surface area contributed by atoms with Crippen molar-refractivity contribution in [3.8, 4) is 12.8 Å². The Labute approximate surface area is 161 Å². The second kappa shape index (κ2) is 14.1. The molecule has 2 N–H and O–H groups in total. The number of oxazole rings is 1. The molecule has 0 aliphatic rings. The van der Waals surface area contributed by atoms with E-state index >= 15 is 0 Å². The first-order valence-electron chi connectivity index (χ1n) is 8.46. The molecule has 0 aliphatic carbocycles. The molecule has 1 aromatic carbocycles. The Morgan fingerprint density at radius 1 is 1.33 bits per heavy atom. The lowest BCUT2D eigenvalue weighted by Crippen LogP contribution is -2.34. The molecule has 0 amide bonds. The monoisotopic (exact) mass is 368 g/mol. The summed E-state index contributed by atoms with van der Waals surface area (Å²) < 4.78 is 10.7. The summed E-state index contributed by atoms with van der Waals surface area (Å²) in [6.07, 6.45) is 13.5. The van der Waals surface area contributed by atoms with Crippen LogP contribution in [-0.2, 0) is 22.6 Å². The summed E-state index contributed by atoms with van der Waals surface area (Å²) in [6.45, 7) is 9.31. The molecule has 0 saturated carbocycles. The fraction of sp³-hybridized carbons (Fsp3) is 0.273. The van der Waals surface area contributed by atoms with E-state index in [-0.39, 0.29) is 13.0 Å². The zero-order valence-electron chi connectivity index (χ0n) is 16.2. The largest absolute Gasteiger partial charge is 0.460 e. The van der Waals surface area contributed by atoms with Gasteiger partial charge in [0.05, 0.1) is 12.6 Å². The topological polar surface area (TPSA) is 78.3 Å². The minimum atomic E-state index is -0.791. The van der Waals surface area contributed by atoms with Gasteiger partial charge >= 0.3 is 5.97 Å². The lowest BCUT2D eigenvalue weighted by atomic mass is 10.2. The number of terminal acetylenes is 1. The fourth-order valence-electron chi connectivity index (χ4n) is 1.84. The number of carbonyl (C=O) groups excluding carboxylic acids is 1. The second-order valence-electron chi connectivity index (χ2n) is 5.40. The van der Waals surface area contributed by atoms with Gasteiger partial charge in [0.25, 0.3) is 0 Å². The Morgan fingerprint density at radius 2 is 1.93 bits per heavy atom. The molecule has 1 unspecified atom stereocenters. The van der Waals surface area contributed by atoms with Gasteiger partial charge in [-0.2, -0.15) is 0 Å². The van der Waals surface area contributed by atoms with Crippen molar-refractivity contribution in [1.82, 2.24) is 4.98 Å². The SMILES string of the molecule is C#C.C/C=C(\C)c1cnc(CC(N)C(=O)OCc2ccccc2)o1.C=CC. The molecule has 0 radical (unpaired) electrons. The highest BCUT2D eigenvalue weighted by atomic mass is 16.5. The number of esters is 1. The number of ether oxygens (including phenoxy) is 1. The van der Waals surface area contributed by atoms with Gasteiger partial charge in [0.1, 0.15) is 18.4 Å². The van der Waals surface area contributed by atoms with Crippen LogP contribution in [0.3, 0.4) is 0 Å². The number of nitrogens with zero attached hydrogens (tertiary/aromatic N) is 1. The maximum Gasteiger partial charge on any atom is 0.323 e. The van der Waals surface area contributed by atoms with Crippen molar-refractivity contribution in [2.24, 2.45) is 5.73 Å². The van der Waals surface area contributed by atoms with E-state index in [0.717, 1.165) is 11.1 Å². The smallest absolute Gasteiger partial charge is 0.323 e. The van der Waals surface area contributed by atoms with Crippen molar-refractivity contribution < 1.29 is 13.9 Å². The van der Waals surface area contributed by atoms with Gasteiger partial charge in [0.15, 0.2) is 5.89 Å². The van der Waals surface area contributed by atoms with Gasteiger partial charge < -0.3 is 14.9 Å². The fourth-order valence-corrected chi connectivity index (χ4v) is 1.84. The Kier molecular flexibility index (Phi) is 12.5. The van der Waals surface area contributed by atoms with E-state index in [1.165, 1.54) is 0 Å². The average Bonchev–Trinajstić information content (AvgIpc) is 3.17. The van der Waals surface area contributed by atoms with Crippen molar-refractivity contribution in [2.75, 3.05) is 0 Å². The number of aromatic nitrogens is 1. The van der Waals surface area contributed by atoms with E-state index < -0.39 is 12.0 Å². The van der Waals surface area contributed by atoms with Crippen LogP contribution in [0, 0.1) is 12.8 Å². The summed E-state index contributed by atoms with van der Waals surface area (Å²) in [4.78, 5) is 16.0. The molecular formula is C22H28N2O3. The van der Waals surface area contributed by atoms with Crippen molar-refractivity contribution >= 4 is 11.5 Å². The van der Waals surface area contributed by atoms with E-state index in [1.807, 2.05) is 57.2 Å². The maximum absolute atomic E-state index is 11.9. The molecule has 2 aromatic rings. The molecule has 0 bridgehead atoms. The molecule has 27 heavy (non-hydrogen) atoms. The Hall–Kier alpha value is -3.10. The Morgan fingerprint density at radius 3 is 2.48 bits per heavy atom. The van der Waals surface area contributed by atoms with E-state index in [0.29, 0.717) is 11.7 Å². The molecule has 0 spiro atoms. The molecular weight excluding hydrogens is 340 g/mol.